The molecule has 1 spiro atoms. The molecule has 110 valence electrons. The monoisotopic (exact) mass is 284 g/mol. The maximum atomic E-state index is 12.8. The van der Waals surface area contributed by atoms with Crippen molar-refractivity contribution in [1.82, 2.24) is 10.2 Å². The van der Waals surface area contributed by atoms with Gasteiger partial charge in [0.1, 0.15) is 5.54 Å². The number of fused-ring (bicyclic) bond motifs is 1. The minimum atomic E-state index is -0.585. The first-order chi connectivity index (χ1) is 10.2. The summed E-state index contributed by atoms with van der Waals surface area (Å²) in [5, 5.41) is 2.97. The van der Waals surface area contributed by atoms with Crippen LogP contribution in [0.1, 0.15) is 42.7 Å². The van der Waals surface area contributed by atoms with Gasteiger partial charge in [0.15, 0.2) is 0 Å². The van der Waals surface area contributed by atoms with Crippen LogP contribution < -0.4 is 5.32 Å². The fourth-order valence-corrected chi connectivity index (χ4v) is 4.16. The quantitative estimate of drug-likeness (QED) is 0.896. The van der Waals surface area contributed by atoms with Gasteiger partial charge in [-0.15, -0.1) is 0 Å². The highest BCUT2D eigenvalue weighted by Gasteiger charge is 2.48. The zero-order valence-electron chi connectivity index (χ0n) is 12.1. The molecular formula is C17H20N2O2. The number of nitrogens with zero attached hydrogens (tertiary/aromatic N) is 1. The van der Waals surface area contributed by atoms with Crippen LogP contribution in [0.4, 0.5) is 0 Å². The first-order valence-electron chi connectivity index (χ1n) is 7.86. The van der Waals surface area contributed by atoms with E-state index in [9.17, 15) is 9.59 Å². The van der Waals surface area contributed by atoms with E-state index in [-0.39, 0.29) is 18.4 Å². The predicted molar refractivity (Wildman–Crippen MR) is 78.8 cm³/mol. The lowest BCUT2D eigenvalue weighted by Gasteiger charge is -2.42. The Morgan fingerprint density at radius 3 is 2.71 bits per heavy atom. The number of nitrogens with one attached hydrogen (secondary N) is 1. The minimum absolute atomic E-state index is 0.00380. The topological polar surface area (TPSA) is 49.4 Å². The lowest BCUT2D eigenvalue weighted by molar-refractivity contribution is -0.150. The van der Waals surface area contributed by atoms with Gasteiger partial charge < -0.3 is 10.2 Å². The van der Waals surface area contributed by atoms with Gasteiger partial charge in [0.05, 0.1) is 6.54 Å². The summed E-state index contributed by atoms with van der Waals surface area (Å²) in [7, 11) is 0. The fraction of sp³-hybridized carbons (Fsp3) is 0.529. The second-order valence-electron chi connectivity index (χ2n) is 6.62. The van der Waals surface area contributed by atoms with E-state index < -0.39 is 5.54 Å². The highest BCUT2D eigenvalue weighted by Crippen LogP contribution is 2.38. The Morgan fingerprint density at radius 2 is 1.95 bits per heavy atom. The van der Waals surface area contributed by atoms with Crippen molar-refractivity contribution in [3.63, 3.8) is 0 Å². The number of amides is 2. The molecule has 2 aliphatic carbocycles. The zero-order valence-corrected chi connectivity index (χ0v) is 12.1. The largest absolute Gasteiger partial charge is 0.340 e. The van der Waals surface area contributed by atoms with Crippen LogP contribution in [-0.2, 0) is 16.0 Å². The van der Waals surface area contributed by atoms with Crippen molar-refractivity contribution in [2.45, 2.75) is 43.6 Å². The number of carbonyl (C=O) groups excluding carboxylic acids is 2. The summed E-state index contributed by atoms with van der Waals surface area (Å²) < 4.78 is 0. The van der Waals surface area contributed by atoms with Crippen molar-refractivity contribution in [3.05, 3.63) is 35.4 Å². The maximum Gasteiger partial charge on any atom is 0.248 e. The number of carbonyl (C=O) groups is 2. The third kappa shape index (κ3) is 1.96. The molecule has 0 aromatic heterocycles. The lowest BCUT2D eigenvalue weighted by Crippen LogP contribution is -2.66. The van der Waals surface area contributed by atoms with E-state index in [1.165, 1.54) is 11.1 Å². The molecular weight excluding hydrogens is 264 g/mol. The SMILES string of the molecule is O=C1CN(CC2Cc3ccccc32)C(=O)C2(CCCC2)N1. The second kappa shape index (κ2) is 4.58. The van der Waals surface area contributed by atoms with E-state index in [1.54, 1.807) is 4.90 Å². The highest BCUT2D eigenvalue weighted by molar-refractivity contribution is 5.98. The molecule has 4 heteroatoms. The lowest BCUT2D eigenvalue weighted by atomic mass is 9.77. The Kier molecular flexibility index (Phi) is 2.81. The van der Waals surface area contributed by atoms with Gasteiger partial charge in [-0.2, -0.15) is 0 Å². The Labute approximate surface area is 124 Å². The first kappa shape index (κ1) is 12.9. The molecule has 1 N–H and O–H groups in total. The standard InChI is InChI=1S/C17H20N2O2/c20-15-11-19(16(21)17(18-15)7-3-4-8-17)10-13-9-12-5-1-2-6-14(12)13/h1-2,5-6,13H,3-4,7-11H2,(H,18,20). The van der Waals surface area contributed by atoms with Crippen LogP contribution in [0.5, 0.6) is 0 Å². The van der Waals surface area contributed by atoms with E-state index in [0.717, 1.165) is 32.1 Å². The van der Waals surface area contributed by atoms with Gasteiger partial charge in [-0.05, 0) is 30.4 Å². The molecule has 21 heavy (non-hydrogen) atoms. The Morgan fingerprint density at radius 1 is 1.19 bits per heavy atom. The second-order valence-corrected chi connectivity index (χ2v) is 6.62. The molecule has 1 unspecified atom stereocenters. The highest BCUT2D eigenvalue weighted by atomic mass is 16.2. The van der Waals surface area contributed by atoms with Crippen LogP contribution in [-0.4, -0.2) is 35.3 Å². The minimum Gasteiger partial charge on any atom is -0.340 e. The molecule has 1 heterocycles. The van der Waals surface area contributed by atoms with Crippen LogP contribution in [0, 0.1) is 0 Å². The number of hydrogen-bond donors (Lipinski definition) is 1. The first-order valence-corrected chi connectivity index (χ1v) is 7.86. The molecule has 0 radical (unpaired) electrons. The van der Waals surface area contributed by atoms with Gasteiger partial charge >= 0.3 is 0 Å². The number of benzene rings is 1. The van der Waals surface area contributed by atoms with E-state index in [4.69, 9.17) is 0 Å². The number of piperazine rings is 1. The van der Waals surface area contributed by atoms with Crippen LogP contribution >= 0.6 is 0 Å². The molecule has 4 nitrogen and oxygen atoms in total. The molecule has 2 amide bonds. The Balaban J connectivity index is 1.53. The van der Waals surface area contributed by atoms with Crippen molar-refractivity contribution < 1.29 is 9.59 Å². The number of rotatable bonds is 2. The van der Waals surface area contributed by atoms with Crippen LogP contribution in [0.15, 0.2) is 24.3 Å². The fourth-order valence-electron chi connectivity index (χ4n) is 4.16. The average Bonchev–Trinajstić information content (AvgIpc) is 2.90. The normalized spacial score (nSPS) is 26.5. The van der Waals surface area contributed by atoms with Crippen molar-refractivity contribution in [2.24, 2.45) is 0 Å². The van der Waals surface area contributed by atoms with E-state index in [2.05, 4.69) is 23.5 Å². The van der Waals surface area contributed by atoms with Gasteiger partial charge in [-0.25, -0.2) is 0 Å². The summed E-state index contributed by atoms with van der Waals surface area (Å²) in [6.07, 6.45) is 4.69. The molecule has 1 saturated heterocycles. The van der Waals surface area contributed by atoms with Gasteiger partial charge in [0.25, 0.3) is 0 Å². The molecule has 4 rings (SSSR count). The van der Waals surface area contributed by atoms with E-state index in [0.29, 0.717) is 12.5 Å². The van der Waals surface area contributed by atoms with E-state index >= 15 is 0 Å². The van der Waals surface area contributed by atoms with Crippen molar-refractivity contribution >= 4 is 11.8 Å². The zero-order chi connectivity index (χ0) is 14.4. The molecule has 1 saturated carbocycles. The van der Waals surface area contributed by atoms with Crippen LogP contribution in [0.25, 0.3) is 0 Å². The third-order valence-corrected chi connectivity index (χ3v) is 5.27. The Bertz CT molecular complexity index is 605. The molecule has 1 atom stereocenters. The predicted octanol–water partition coefficient (Wildman–Crippen LogP) is 1.60. The summed E-state index contributed by atoms with van der Waals surface area (Å²) in [4.78, 5) is 26.6. The van der Waals surface area contributed by atoms with Crippen molar-refractivity contribution in [3.8, 4) is 0 Å². The molecule has 1 aromatic carbocycles. The molecule has 1 aliphatic heterocycles. The van der Waals surface area contributed by atoms with Gasteiger partial charge in [-0.1, -0.05) is 37.1 Å². The smallest absolute Gasteiger partial charge is 0.248 e. The maximum absolute atomic E-state index is 12.8. The summed E-state index contributed by atoms with van der Waals surface area (Å²) in [6, 6.07) is 8.40. The van der Waals surface area contributed by atoms with Crippen molar-refractivity contribution in [2.75, 3.05) is 13.1 Å². The molecule has 0 bridgehead atoms. The van der Waals surface area contributed by atoms with Crippen LogP contribution in [0.2, 0.25) is 0 Å². The third-order valence-electron chi connectivity index (χ3n) is 5.27. The van der Waals surface area contributed by atoms with Crippen molar-refractivity contribution in [1.29, 1.82) is 0 Å². The average molecular weight is 284 g/mol. The molecule has 2 fully saturated rings. The van der Waals surface area contributed by atoms with Gasteiger partial charge in [-0.3, -0.25) is 9.59 Å². The number of hydrogen-bond acceptors (Lipinski definition) is 2. The van der Waals surface area contributed by atoms with Gasteiger partial charge in [0.2, 0.25) is 11.8 Å². The van der Waals surface area contributed by atoms with Gasteiger partial charge in [0, 0.05) is 12.5 Å². The summed E-state index contributed by atoms with van der Waals surface area (Å²) in [5.41, 5.74) is 2.14. The summed E-state index contributed by atoms with van der Waals surface area (Å²) in [5.74, 6) is 0.544. The van der Waals surface area contributed by atoms with E-state index in [1.807, 2.05) is 6.07 Å². The Hall–Kier alpha value is -1.84. The molecule has 3 aliphatic rings. The summed E-state index contributed by atoms with van der Waals surface area (Å²) >= 11 is 0. The molecule has 1 aromatic rings. The van der Waals surface area contributed by atoms with Crippen LogP contribution in [0.3, 0.4) is 0 Å². The summed E-state index contributed by atoms with van der Waals surface area (Å²) in [6.45, 7) is 0.907.